The predicted octanol–water partition coefficient (Wildman–Crippen LogP) is 5.38. The van der Waals surface area contributed by atoms with Crippen molar-refractivity contribution in [3.63, 3.8) is 0 Å². The van der Waals surface area contributed by atoms with Crippen LogP contribution in [-0.2, 0) is 0 Å². The topological polar surface area (TPSA) is 0 Å². The molecule has 0 aromatic heterocycles. The van der Waals surface area contributed by atoms with Gasteiger partial charge in [-0.2, -0.15) is 0 Å². The summed E-state index contributed by atoms with van der Waals surface area (Å²) in [6.45, 7) is 18.0. The largest absolute Gasteiger partial charge is 0.0991 e. The molecule has 0 aliphatic rings. The molecule has 14 heavy (non-hydrogen) atoms. The molecule has 0 amide bonds. The van der Waals surface area contributed by atoms with Crippen LogP contribution >= 0.6 is 0 Å². The minimum Gasteiger partial charge on any atom is -0.0991 e. The zero-order valence-corrected chi connectivity index (χ0v) is 11.1. The van der Waals surface area contributed by atoms with Gasteiger partial charge >= 0.3 is 0 Å². The number of allylic oxidation sites excluding steroid dienone is 5. The molecule has 0 spiro atoms. The second-order valence-electron chi connectivity index (χ2n) is 2.54. The molecule has 0 bridgehead atoms. The Morgan fingerprint density at radius 3 is 1.71 bits per heavy atom. The summed E-state index contributed by atoms with van der Waals surface area (Å²) < 4.78 is 0. The van der Waals surface area contributed by atoms with E-state index < -0.39 is 0 Å². The summed E-state index contributed by atoms with van der Waals surface area (Å²) in [5, 5.41) is 0. The maximum atomic E-state index is 3.61. The normalized spacial score (nSPS) is 10.1. The van der Waals surface area contributed by atoms with Crippen molar-refractivity contribution < 1.29 is 0 Å². The zero-order valence-electron chi connectivity index (χ0n) is 11.1. The van der Waals surface area contributed by atoms with Crippen LogP contribution in [0.25, 0.3) is 0 Å². The van der Waals surface area contributed by atoms with Crippen LogP contribution in [0.1, 0.15) is 48.5 Å². The summed E-state index contributed by atoms with van der Waals surface area (Å²) in [5.74, 6) is 0.612. The van der Waals surface area contributed by atoms with Crippen LogP contribution in [0.5, 0.6) is 0 Å². The molecule has 0 unspecified atom stereocenters. The highest BCUT2D eigenvalue weighted by Gasteiger charge is 1.94. The molecule has 0 aromatic carbocycles. The first-order valence-electron chi connectivity index (χ1n) is 5.67. The average Bonchev–Trinajstić information content (AvgIpc) is 2.24. The van der Waals surface area contributed by atoms with E-state index in [2.05, 4.69) is 39.5 Å². The van der Waals surface area contributed by atoms with Crippen molar-refractivity contribution in [1.82, 2.24) is 0 Å². The Bertz CT molecular complexity index is 147. The molecule has 0 saturated carbocycles. The van der Waals surface area contributed by atoms with E-state index in [0.717, 1.165) is 0 Å². The van der Waals surface area contributed by atoms with Crippen LogP contribution < -0.4 is 0 Å². The quantitative estimate of drug-likeness (QED) is 0.531. The van der Waals surface area contributed by atoms with E-state index in [1.54, 1.807) is 6.08 Å². The van der Waals surface area contributed by atoms with Gasteiger partial charge in [0.15, 0.2) is 0 Å². The van der Waals surface area contributed by atoms with E-state index in [4.69, 9.17) is 0 Å². The monoisotopic (exact) mass is 196 g/mol. The van der Waals surface area contributed by atoms with Gasteiger partial charge in [-0.1, -0.05) is 72.4 Å². The average molecular weight is 196 g/mol. The van der Waals surface area contributed by atoms with Gasteiger partial charge in [-0.15, -0.1) is 0 Å². The summed E-state index contributed by atoms with van der Waals surface area (Å²) in [6.07, 6.45) is 7.99. The summed E-state index contributed by atoms with van der Waals surface area (Å²) in [5.41, 5.74) is 1.36. The lowest BCUT2D eigenvalue weighted by atomic mass is 10.0. The first-order valence-corrected chi connectivity index (χ1v) is 5.67. The van der Waals surface area contributed by atoms with Gasteiger partial charge in [-0.3, -0.25) is 0 Å². The molecule has 0 heterocycles. The molecule has 0 nitrogen and oxygen atoms in total. The molecule has 0 heteroatoms. The molecule has 0 rings (SSSR count). The third-order valence-electron chi connectivity index (χ3n) is 1.42. The number of hydrogen-bond donors (Lipinski definition) is 0. The van der Waals surface area contributed by atoms with Gasteiger partial charge in [0.25, 0.3) is 0 Å². The molecule has 0 fully saturated rings. The highest BCUT2D eigenvalue weighted by atomic mass is 14.0. The molecule has 0 aliphatic heterocycles. The standard InChI is InChI=1S/C10H16.2C2H6/c1-5-7-8-10(6-2)9(3)4;2*1-2/h5-9H,1H2,2-4H3;2*1-2H3/b8-7-,10-6+;;. The Morgan fingerprint density at radius 2 is 1.50 bits per heavy atom. The van der Waals surface area contributed by atoms with Gasteiger partial charge in [0, 0.05) is 0 Å². The summed E-state index contributed by atoms with van der Waals surface area (Å²) in [7, 11) is 0. The van der Waals surface area contributed by atoms with Crippen molar-refractivity contribution >= 4 is 0 Å². The molecule has 0 radical (unpaired) electrons. The van der Waals surface area contributed by atoms with Gasteiger partial charge in [0.1, 0.15) is 0 Å². The highest BCUT2D eigenvalue weighted by Crippen LogP contribution is 2.09. The molecule has 0 N–H and O–H groups in total. The van der Waals surface area contributed by atoms with Gasteiger partial charge in [0.2, 0.25) is 0 Å². The molecular weight excluding hydrogens is 168 g/mol. The molecule has 0 atom stereocenters. The Morgan fingerprint density at radius 1 is 1.07 bits per heavy atom. The lowest BCUT2D eigenvalue weighted by Gasteiger charge is -2.03. The fourth-order valence-electron chi connectivity index (χ4n) is 0.801. The zero-order chi connectivity index (χ0) is 12.0. The molecule has 0 aromatic rings. The van der Waals surface area contributed by atoms with E-state index >= 15 is 0 Å². The lowest BCUT2D eigenvalue weighted by molar-refractivity contribution is 0.789. The van der Waals surface area contributed by atoms with E-state index in [1.807, 2.05) is 33.8 Å². The lowest BCUT2D eigenvalue weighted by Crippen LogP contribution is -1.88. The van der Waals surface area contributed by atoms with E-state index in [9.17, 15) is 0 Å². The Labute approximate surface area is 91.4 Å². The Kier molecular flexibility index (Phi) is 24.4. The minimum atomic E-state index is 0.612. The maximum absolute atomic E-state index is 3.61. The number of rotatable bonds is 3. The van der Waals surface area contributed by atoms with E-state index in [0.29, 0.717) is 5.92 Å². The van der Waals surface area contributed by atoms with E-state index in [1.165, 1.54) is 5.57 Å². The summed E-state index contributed by atoms with van der Waals surface area (Å²) in [4.78, 5) is 0. The third-order valence-corrected chi connectivity index (χ3v) is 1.42. The smallest absolute Gasteiger partial charge is 0.0222 e. The fourth-order valence-corrected chi connectivity index (χ4v) is 0.801. The van der Waals surface area contributed by atoms with Crippen LogP contribution in [0.3, 0.4) is 0 Å². The van der Waals surface area contributed by atoms with Crippen LogP contribution in [0.4, 0.5) is 0 Å². The van der Waals surface area contributed by atoms with Crippen molar-refractivity contribution in [2.24, 2.45) is 5.92 Å². The molecule has 0 saturated heterocycles. The van der Waals surface area contributed by atoms with Crippen LogP contribution in [0.15, 0.2) is 36.5 Å². The Hall–Kier alpha value is -0.780. The van der Waals surface area contributed by atoms with Crippen molar-refractivity contribution in [1.29, 1.82) is 0 Å². The van der Waals surface area contributed by atoms with Crippen molar-refractivity contribution in [2.45, 2.75) is 48.5 Å². The van der Waals surface area contributed by atoms with Gasteiger partial charge in [-0.25, -0.2) is 0 Å². The third kappa shape index (κ3) is 13.8. The molecular formula is C14H28. The van der Waals surface area contributed by atoms with Crippen LogP contribution in [0, 0.1) is 5.92 Å². The van der Waals surface area contributed by atoms with Gasteiger partial charge < -0.3 is 0 Å². The second kappa shape index (κ2) is 18.1. The number of hydrogen-bond acceptors (Lipinski definition) is 0. The SMILES string of the molecule is C=C/C=C\C(=C/C)C(C)C.CC.CC. The van der Waals surface area contributed by atoms with Crippen LogP contribution in [0.2, 0.25) is 0 Å². The van der Waals surface area contributed by atoms with Crippen molar-refractivity contribution in [2.75, 3.05) is 0 Å². The minimum absolute atomic E-state index is 0.612. The van der Waals surface area contributed by atoms with Crippen molar-refractivity contribution in [3.05, 3.63) is 36.5 Å². The predicted molar refractivity (Wildman–Crippen MR) is 70.6 cm³/mol. The van der Waals surface area contributed by atoms with Gasteiger partial charge in [0.05, 0.1) is 0 Å². The van der Waals surface area contributed by atoms with Crippen LogP contribution in [-0.4, -0.2) is 0 Å². The van der Waals surface area contributed by atoms with E-state index in [-0.39, 0.29) is 0 Å². The molecule has 0 aliphatic carbocycles. The van der Waals surface area contributed by atoms with Gasteiger partial charge in [-0.05, 0) is 18.4 Å². The highest BCUT2D eigenvalue weighted by molar-refractivity contribution is 5.22. The Balaban J connectivity index is -0.000000266. The second-order valence-corrected chi connectivity index (χ2v) is 2.54. The fraction of sp³-hybridized carbons (Fsp3) is 0.571. The summed E-state index contributed by atoms with van der Waals surface area (Å²) >= 11 is 0. The summed E-state index contributed by atoms with van der Waals surface area (Å²) in [6, 6.07) is 0. The first kappa shape index (κ1) is 18.9. The molecule has 84 valence electrons. The maximum Gasteiger partial charge on any atom is -0.0222 e. The van der Waals surface area contributed by atoms with Crippen molar-refractivity contribution in [3.8, 4) is 0 Å². The first-order chi connectivity index (χ1) is 6.72.